The first-order valence-electron chi connectivity index (χ1n) is 3.56. The van der Waals surface area contributed by atoms with Crippen LogP contribution in [0.5, 0.6) is 0 Å². The van der Waals surface area contributed by atoms with Crippen molar-refractivity contribution in [3.63, 3.8) is 0 Å². The van der Waals surface area contributed by atoms with Crippen molar-refractivity contribution in [3.05, 3.63) is 24.3 Å². The van der Waals surface area contributed by atoms with Crippen LogP contribution in [0.25, 0.3) is 0 Å². The molecule has 0 aliphatic carbocycles. The molecule has 1 atom stereocenters. The molecule has 0 spiro atoms. The zero-order chi connectivity index (χ0) is 8.97. The van der Waals surface area contributed by atoms with Gasteiger partial charge in [0.1, 0.15) is 0 Å². The van der Waals surface area contributed by atoms with Gasteiger partial charge in [-0.1, -0.05) is 20.7 Å². The van der Waals surface area contributed by atoms with Gasteiger partial charge in [0.05, 0.1) is 0 Å². The maximum Gasteiger partial charge on any atom is 0.316 e. The van der Waals surface area contributed by atoms with Crippen LogP contribution in [0.1, 0.15) is 0 Å². The predicted molar refractivity (Wildman–Crippen MR) is 53.5 cm³/mol. The second-order valence-electron chi connectivity index (χ2n) is 2.32. The number of carbonyl (C=O) groups is 1. The fourth-order valence-corrected chi connectivity index (χ4v) is 1.46. The molecule has 0 saturated carbocycles. The van der Waals surface area contributed by atoms with Crippen molar-refractivity contribution in [1.29, 1.82) is 0 Å². The van der Waals surface area contributed by atoms with Crippen LogP contribution in [-0.4, -0.2) is 12.7 Å². The monoisotopic (exact) mass is 182 g/mol. The molecule has 0 radical (unpaired) electrons. The van der Waals surface area contributed by atoms with Crippen LogP contribution >= 0.6 is 8.58 Å². The Labute approximate surface area is 73.1 Å². The SMILES string of the molecule is CPc1cccc(NC(N)=O)c1. The molecule has 0 aliphatic rings. The summed E-state index contributed by atoms with van der Waals surface area (Å²) in [6.07, 6.45) is 0. The molecule has 0 heterocycles. The number of hydrogen-bond donors (Lipinski definition) is 2. The number of benzene rings is 1. The number of amides is 2. The average molecular weight is 182 g/mol. The standard InChI is InChI=1S/C8H11N2OP/c1-12-7-4-2-3-6(5-7)10-8(9)11/h2-5,12H,1H3,(H3,9,10,11). The lowest BCUT2D eigenvalue weighted by Crippen LogP contribution is -2.19. The van der Waals surface area contributed by atoms with Crippen molar-refractivity contribution >= 4 is 25.6 Å². The Morgan fingerprint density at radius 1 is 1.58 bits per heavy atom. The molecule has 1 aromatic carbocycles. The molecule has 3 nitrogen and oxygen atoms in total. The van der Waals surface area contributed by atoms with Crippen LogP contribution in [-0.2, 0) is 0 Å². The maximum atomic E-state index is 10.5. The van der Waals surface area contributed by atoms with Gasteiger partial charge < -0.3 is 11.1 Å². The lowest BCUT2D eigenvalue weighted by atomic mass is 10.3. The molecule has 4 heteroatoms. The molecule has 3 N–H and O–H groups in total. The summed E-state index contributed by atoms with van der Waals surface area (Å²) in [7, 11) is 0.731. The summed E-state index contributed by atoms with van der Waals surface area (Å²) < 4.78 is 0. The van der Waals surface area contributed by atoms with Gasteiger partial charge in [-0.2, -0.15) is 0 Å². The summed E-state index contributed by atoms with van der Waals surface area (Å²) in [5.74, 6) is 0. The number of primary amides is 1. The first kappa shape index (κ1) is 9.01. The molecule has 0 fully saturated rings. The zero-order valence-electron chi connectivity index (χ0n) is 6.79. The number of carbonyl (C=O) groups excluding carboxylic acids is 1. The third-order valence-corrected chi connectivity index (χ3v) is 2.31. The predicted octanol–water partition coefficient (Wildman–Crippen LogP) is 1.11. The van der Waals surface area contributed by atoms with E-state index in [9.17, 15) is 4.79 Å². The van der Waals surface area contributed by atoms with E-state index in [1.54, 1.807) is 0 Å². The summed E-state index contributed by atoms with van der Waals surface area (Å²) in [5.41, 5.74) is 5.73. The molecule has 0 aromatic heterocycles. The normalized spacial score (nSPS) is 10.4. The molecule has 1 unspecified atom stereocenters. The Hall–Kier alpha value is -1.08. The highest BCUT2D eigenvalue weighted by molar-refractivity contribution is 7.46. The van der Waals surface area contributed by atoms with Crippen LogP contribution in [0.15, 0.2) is 24.3 Å². The smallest absolute Gasteiger partial charge is 0.316 e. The van der Waals surface area contributed by atoms with E-state index in [0.29, 0.717) is 0 Å². The summed E-state index contributed by atoms with van der Waals surface area (Å²) in [5, 5.41) is 3.73. The number of hydrogen-bond acceptors (Lipinski definition) is 1. The largest absolute Gasteiger partial charge is 0.351 e. The Balaban J connectivity index is 2.79. The lowest BCUT2D eigenvalue weighted by molar-refractivity contribution is 0.259. The highest BCUT2D eigenvalue weighted by Gasteiger charge is 1.95. The fraction of sp³-hybridized carbons (Fsp3) is 0.125. The van der Waals surface area contributed by atoms with Crippen molar-refractivity contribution in [1.82, 2.24) is 0 Å². The van der Waals surface area contributed by atoms with Gasteiger partial charge in [-0.3, -0.25) is 0 Å². The Morgan fingerprint density at radius 3 is 2.92 bits per heavy atom. The Morgan fingerprint density at radius 2 is 2.33 bits per heavy atom. The van der Waals surface area contributed by atoms with Crippen LogP contribution in [0.4, 0.5) is 10.5 Å². The number of rotatable bonds is 2. The van der Waals surface area contributed by atoms with Gasteiger partial charge >= 0.3 is 6.03 Å². The van der Waals surface area contributed by atoms with E-state index in [0.717, 1.165) is 14.3 Å². The van der Waals surface area contributed by atoms with Crippen LogP contribution in [0.3, 0.4) is 0 Å². The van der Waals surface area contributed by atoms with E-state index < -0.39 is 6.03 Å². The van der Waals surface area contributed by atoms with Gasteiger partial charge in [-0.15, -0.1) is 0 Å². The van der Waals surface area contributed by atoms with E-state index >= 15 is 0 Å². The van der Waals surface area contributed by atoms with Gasteiger partial charge in [0.2, 0.25) is 0 Å². The second kappa shape index (κ2) is 4.07. The van der Waals surface area contributed by atoms with E-state index in [2.05, 4.69) is 12.0 Å². The fourth-order valence-electron chi connectivity index (χ4n) is 0.895. The van der Waals surface area contributed by atoms with Crippen LogP contribution in [0, 0.1) is 0 Å². The third-order valence-electron chi connectivity index (χ3n) is 1.42. The number of anilines is 1. The molecule has 2 amide bonds. The molecular weight excluding hydrogens is 171 g/mol. The van der Waals surface area contributed by atoms with Crippen molar-refractivity contribution in [2.24, 2.45) is 5.73 Å². The number of urea groups is 1. The molecule has 1 rings (SSSR count). The van der Waals surface area contributed by atoms with E-state index in [1.165, 1.54) is 5.30 Å². The first-order valence-corrected chi connectivity index (χ1v) is 5.06. The van der Waals surface area contributed by atoms with Crippen molar-refractivity contribution in [2.75, 3.05) is 12.0 Å². The highest BCUT2D eigenvalue weighted by Crippen LogP contribution is 2.09. The van der Waals surface area contributed by atoms with Crippen molar-refractivity contribution in [3.8, 4) is 0 Å². The van der Waals surface area contributed by atoms with Crippen molar-refractivity contribution in [2.45, 2.75) is 0 Å². The molecule has 0 bridgehead atoms. The van der Waals surface area contributed by atoms with Crippen molar-refractivity contribution < 1.29 is 4.79 Å². The minimum absolute atomic E-state index is 0.522. The Bertz CT molecular complexity index is 288. The molecule has 1 aromatic rings. The summed E-state index contributed by atoms with van der Waals surface area (Å²) in [6.45, 7) is 2.09. The summed E-state index contributed by atoms with van der Waals surface area (Å²) in [6, 6.07) is 7.13. The lowest BCUT2D eigenvalue weighted by Gasteiger charge is -2.02. The Kier molecular flexibility index (Phi) is 3.06. The second-order valence-corrected chi connectivity index (χ2v) is 3.40. The summed E-state index contributed by atoms with van der Waals surface area (Å²) in [4.78, 5) is 10.5. The van der Waals surface area contributed by atoms with Crippen LogP contribution in [0.2, 0.25) is 0 Å². The highest BCUT2D eigenvalue weighted by atomic mass is 31.1. The van der Waals surface area contributed by atoms with E-state index in [-0.39, 0.29) is 0 Å². The van der Waals surface area contributed by atoms with Gasteiger partial charge in [-0.05, 0) is 24.1 Å². The molecule has 0 saturated heterocycles. The van der Waals surface area contributed by atoms with Gasteiger partial charge in [-0.25, -0.2) is 4.79 Å². The number of nitrogens with one attached hydrogen (secondary N) is 1. The summed E-state index contributed by atoms with van der Waals surface area (Å²) >= 11 is 0. The maximum absolute atomic E-state index is 10.5. The molecular formula is C8H11N2OP. The van der Waals surface area contributed by atoms with Crippen LogP contribution < -0.4 is 16.4 Å². The van der Waals surface area contributed by atoms with Gasteiger partial charge in [0.25, 0.3) is 0 Å². The third kappa shape index (κ3) is 2.51. The number of nitrogens with two attached hydrogens (primary N) is 1. The molecule has 64 valence electrons. The minimum atomic E-state index is -0.522. The van der Waals surface area contributed by atoms with Gasteiger partial charge in [0, 0.05) is 5.69 Å². The first-order chi connectivity index (χ1) is 5.72. The zero-order valence-corrected chi connectivity index (χ0v) is 7.79. The van der Waals surface area contributed by atoms with Gasteiger partial charge in [0.15, 0.2) is 0 Å². The minimum Gasteiger partial charge on any atom is -0.351 e. The topological polar surface area (TPSA) is 55.1 Å². The molecule has 12 heavy (non-hydrogen) atoms. The average Bonchev–Trinajstić information content (AvgIpc) is 2.03. The van der Waals surface area contributed by atoms with E-state index in [1.807, 2.05) is 24.3 Å². The van der Waals surface area contributed by atoms with E-state index in [4.69, 9.17) is 5.73 Å². The quantitative estimate of drug-likeness (QED) is 0.661. The molecule has 0 aliphatic heterocycles.